The quantitative estimate of drug-likeness (QED) is 0.874. The first-order valence-electron chi connectivity index (χ1n) is 6.55. The maximum atomic E-state index is 10.6. The minimum absolute atomic E-state index is 0.169. The highest BCUT2D eigenvalue weighted by molar-refractivity contribution is 5.56. The normalized spacial score (nSPS) is 33.1. The van der Waals surface area contributed by atoms with Crippen LogP contribution in [0, 0.1) is 0 Å². The molecule has 3 atom stereocenters. The average molecular weight is 248 g/mol. The zero-order valence-corrected chi connectivity index (χ0v) is 11.2. The molecule has 1 saturated carbocycles. The fourth-order valence-electron chi connectivity index (χ4n) is 3.86. The molecule has 4 rings (SSSR count). The van der Waals surface area contributed by atoms with Crippen molar-refractivity contribution < 1.29 is 14.6 Å². The molecule has 0 radical (unpaired) electrons. The maximum Gasteiger partial charge on any atom is 0.122 e. The molecule has 0 aliphatic heterocycles. The third-order valence-electron chi connectivity index (χ3n) is 4.62. The summed E-state index contributed by atoms with van der Waals surface area (Å²) in [6.45, 7) is 1.95. The third kappa shape index (κ3) is 1.46. The van der Waals surface area contributed by atoms with Crippen molar-refractivity contribution in [2.75, 3.05) is 14.2 Å². The van der Waals surface area contributed by atoms with Crippen LogP contribution in [0.4, 0.5) is 0 Å². The van der Waals surface area contributed by atoms with Gasteiger partial charge in [-0.25, -0.2) is 0 Å². The molecule has 3 aliphatic rings. The van der Waals surface area contributed by atoms with Gasteiger partial charge < -0.3 is 14.6 Å². The minimum Gasteiger partial charge on any atom is -0.496 e. The van der Waals surface area contributed by atoms with Gasteiger partial charge in [-0.15, -0.1) is 0 Å². The standard InChI is InChI=1S/C15H20O3/c1-15(16)8-9-4-5-10(15)14-12(18-3)7-6-11(17-2)13(9)14/h6-7,9-10,16H,4-5,8H2,1-3H3/t9-,10-,15+/m1/s1. The van der Waals surface area contributed by atoms with Gasteiger partial charge in [-0.3, -0.25) is 0 Å². The first kappa shape index (κ1) is 11.8. The third-order valence-corrected chi connectivity index (χ3v) is 4.62. The molecule has 98 valence electrons. The van der Waals surface area contributed by atoms with E-state index >= 15 is 0 Å². The summed E-state index contributed by atoms with van der Waals surface area (Å²) in [4.78, 5) is 0. The van der Waals surface area contributed by atoms with Crippen LogP contribution in [-0.4, -0.2) is 24.9 Å². The Morgan fingerprint density at radius 1 is 1.11 bits per heavy atom. The van der Waals surface area contributed by atoms with E-state index in [1.165, 1.54) is 11.1 Å². The number of benzene rings is 1. The molecular formula is C15H20O3. The van der Waals surface area contributed by atoms with E-state index in [1.54, 1.807) is 14.2 Å². The van der Waals surface area contributed by atoms with Crippen LogP contribution in [0.25, 0.3) is 0 Å². The van der Waals surface area contributed by atoms with Gasteiger partial charge in [-0.05, 0) is 44.2 Å². The fourth-order valence-corrected chi connectivity index (χ4v) is 3.86. The van der Waals surface area contributed by atoms with Crippen molar-refractivity contribution in [3.63, 3.8) is 0 Å². The highest BCUT2D eigenvalue weighted by atomic mass is 16.5. The monoisotopic (exact) mass is 248 g/mol. The molecule has 0 amide bonds. The van der Waals surface area contributed by atoms with Crippen molar-refractivity contribution in [3.8, 4) is 11.5 Å². The largest absolute Gasteiger partial charge is 0.496 e. The van der Waals surface area contributed by atoms with Crippen LogP contribution in [0.5, 0.6) is 11.5 Å². The van der Waals surface area contributed by atoms with Gasteiger partial charge in [0.05, 0.1) is 19.8 Å². The number of ether oxygens (including phenoxy) is 2. The molecule has 1 aromatic rings. The molecule has 3 aliphatic carbocycles. The lowest BCUT2D eigenvalue weighted by atomic mass is 9.59. The van der Waals surface area contributed by atoms with Crippen molar-refractivity contribution in [3.05, 3.63) is 23.3 Å². The topological polar surface area (TPSA) is 38.7 Å². The molecule has 1 aromatic carbocycles. The SMILES string of the molecule is COc1ccc(OC)c2c1[C@@H]1CC[C@H]2[C@@](C)(O)C1. The summed E-state index contributed by atoms with van der Waals surface area (Å²) in [7, 11) is 3.40. The number of aliphatic hydroxyl groups is 1. The smallest absolute Gasteiger partial charge is 0.122 e. The molecule has 3 heteroatoms. The second-order valence-corrected chi connectivity index (χ2v) is 5.69. The Morgan fingerprint density at radius 3 is 2.28 bits per heavy atom. The number of methoxy groups -OCH3 is 2. The number of hydrogen-bond donors (Lipinski definition) is 1. The van der Waals surface area contributed by atoms with E-state index < -0.39 is 5.60 Å². The van der Waals surface area contributed by atoms with Crippen molar-refractivity contribution in [2.24, 2.45) is 0 Å². The Kier molecular flexibility index (Phi) is 2.56. The predicted octanol–water partition coefficient (Wildman–Crippen LogP) is 2.82. The van der Waals surface area contributed by atoms with E-state index in [4.69, 9.17) is 9.47 Å². The first-order valence-corrected chi connectivity index (χ1v) is 6.55. The molecule has 3 nitrogen and oxygen atoms in total. The first-order chi connectivity index (χ1) is 8.58. The summed E-state index contributed by atoms with van der Waals surface area (Å²) >= 11 is 0. The Balaban J connectivity index is 2.24. The zero-order chi connectivity index (χ0) is 12.9. The van der Waals surface area contributed by atoms with E-state index in [-0.39, 0.29) is 5.92 Å². The molecule has 0 spiro atoms. The van der Waals surface area contributed by atoms with Crippen LogP contribution < -0.4 is 9.47 Å². The second-order valence-electron chi connectivity index (χ2n) is 5.69. The summed E-state index contributed by atoms with van der Waals surface area (Å²) < 4.78 is 11.0. The van der Waals surface area contributed by atoms with Gasteiger partial charge in [0.15, 0.2) is 0 Å². The predicted molar refractivity (Wildman–Crippen MR) is 69.5 cm³/mol. The van der Waals surface area contributed by atoms with E-state index in [2.05, 4.69) is 0 Å². The molecular weight excluding hydrogens is 228 g/mol. The van der Waals surface area contributed by atoms with Gasteiger partial charge in [-0.2, -0.15) is 0 Å². The lowest BCUT2D eigenvalue weighted by molar-refractivity contribution is -0.0182. The van der Waals surface area contributed by atoms with Gasteiger partial charge in [0.25, 0.3) is 0 Å². The van der Waals surface area contributed by atoms with Gasteiger partial charge >= 0.3 is 0 Å². The maximum absolute atomic E-state index is 10.6. The zero-order valence-electron chi connectivity index (χ0n) is 11.2. The number of fused-ring (bicyclic) bond motifs is 2. The molecule has 1 N–H and O–H groups in total. The van der Waals surface area contributed by atoms with E-state index in [1.807, 2.05) is 19.1 Å². The Bertz CT molecular complexity index is 479. The average Bonchev–Trinajstić information content (AvgIpc) is 2.36. The summed E-state index contributed by atoms with van der Waals surface area (Å²) in [6.07, 6.45) is 3.00. The highest BCUT2D eigenvalue weighted by Crippen LogP contribution is 2.58. The van der Waals surface area contributed by atoms with E-state index in [0.717, 1.165) is 30.8 Å². The minimum atomic E-state index is -0.616. The molecule has 2 bridgehead atoms. The molecule has 0 saturated heterocycles. The van der Waals surface area contributed by atoms with Gasteiger partial charge in [-0.1, -0.05) is 0 Å². The van der Waals surface area contributed by atoms with Crippen LogP contribution in [0.15, 0.2) is 12.1 Å². The van der Waals surface area contributed by atoms with E-state index in [9.17, 15) is 5.11 Å². The lowest BCUT2D eigenvalue weighted by Crippen LogP contribution is -2.43. The summed E-state index contributed by atoms with van der Waals surface area (Å²) in [5.41, 5.74) is 1.82. The summed E-state index contributed by atoms with van der Waals surface area (Å²) in [5, 5.41) is 10.6. The molecule has 0 heterocycles. The Hall–Kier alpha value is -1.22. The number of rotatable bonds is 2. The van der Waals surface area contributed by atoms with Crippen molar-refractivity contribution >= 4 is 0 Å². The van der Waals surface area contributed by atoms with Gasteiger partial charge in [0, 0.05) is 17.0 Å². The molecule has 0 aromatic heterocycles. The van der Waals surface area contributed by atoms with Crippen LogP contribution in [0.1, 0.15) is 49.1 Å². The Morgan fingerprint density at radius 2 is 1.72 bits per heavy atom. The fraction of sp³-hybridized carbons (Fsp3) is 0.600. The van der Waals surface area contributed by atoms with Crippen LogP contribution in [0.3, 0.4) is 0 Å². The summed E-state index contributed by atoms with van der Waals surface area (Å²) in [6, 6.07) is 3.93. The van der Waals surface area contributed by atoms with Gasteiger partial charge in [0.2, 0.25) is 0 Å². The van der Waals surface area contributed by atoms with Crippen LogP contribution in [0.2, 0.25) is 0 Å². The van der Waals surface area contributed by atoms with Crippen molar-refractivity contribution in [1.29, 1.82) is 0 Å². The highest BCUT2D eigenvalue weighted by Gasteiger charge is 2.48. The Labute approximate surface area is 108 Å². The van der Waals surface area contributed by atoms with Crippen molar-refractivity contribution in [2.45, 2.75) is 43.6 Å². The second kappa shape index (κ2) is 3.89. The summed E-state index contributed by atoms with van der Waals surface area (Å²) in [5.74, 6) is 2.39. The lowest BCUT2D eigenvalue weighted by Gasteiger charge is -2.48. The molecule has 18 heavy (non-hydrogen) atoms. The van der Waals surface area contributed by atoms with Crippen LogP contribution >= 0.6 is 0 Å². The van der Waals surface area contributed by atoms with Gasteiger partial charge in [0.1, 0.15) is 11.5 Å². The van der Waals surface area contributed by atoms with E-state index in [0.29, 0.717) is 5.92 Å². The van der Waals surface area contributed by atoms with Crippen molar-refractivity contribution in [1.82, 2.24) is 0 Å². The molecule has 1 fully saturated rings. The molecule has 0 unspecified atom stereocenters. The van der Waals surface area contributed by atoms with Crippen LogP contribution in [-0.2, 0) is 0 Å². The number of hydrogen-bond acceptors (Lipinski definition) is 3.